The molecule has 0 radical (unpaired) electrons. The lowest BCUT2D eigenvalue weighted by molar-refractivity contribution is -0.111. The number of nitrogens with one attached hydrogen (secondary N) is 2. The van der Waals surface area contributed by atoms with Crippen molar-refractivity contribution in [1.29, 1.82) is 0 Å². The zero-order valence-corrected chi connectivity index (χ0v) is 20.0. The summed E-state index contributed by atoms with van der Waals surface area (Å²) in [5, 5.41) is 16.0. The first-order valence-corrected chi connectivity index (χ1v) is 10.7. The summed E-state index contributed by atoms with van der Waals surface area (Å²) < 4.78 is 5.24. The minimum absolute atomic E-state index is 0.122. The molecule has 2 amide bonds. The van der Waals surface area contributed by atoms with Gasteiger partial charge in [0.25, 0.3) is 5.90 Å². The second-order valence-corrected chi connectivity index (χ2v) is 7.42. The molecule has 2 aromatic heterocycles. The molecule has 2 heterocycles. The zero-order chi connectivity index (χ0) is 26.1. The van der Waals surface area contributed by atoms with Crippen LogP contribution in [0.1, 0.15) is 12.5 Å². The molecule has 184 valence electrons. The SMILES string of the molecule is C=C(C)OC(=NC)C(=O)Nc1cncc(-c2cccc(N=C(NC=O)c3cccnc3N(C)O)c2)c1. The van der Waals surface area contributed by atoms with Crippen molar-refractivity contribution in [2.75, 3.05) is 24.5 Å². The normalized spacial score (nSPS) is 11.4. The minimum Gasteiger partial charge on any atom is -0.440 e. The number of hydrogen-bond acceptors (Lipinski definition) is 9. The van der Waals surface area contributed by atoms with Crippen molar-refractivity contribution >= 4 is 41.2 Å². The fraction of sp³-hybridized carbons (Fsp3) is 0.120. The number of rotatable bonds is 7. The molecule has 0 aliphatic heterocycles. The lowest BCUT2D eigenvalue weighted by Gasteiger charge is -2.15. The van der Waals surface area contributed by atoms with E-state index in [9.17, 15) is 14.8 Å². The minimum atomic E-state index is -0.538. The van der Waals surface area contributed by atoms with E-state index < -0.39 is 5.91 Å². The highest BCUT2D eigenvalue weighted by Gasteiger charge is 2.15. The summed E-state index contributed by atoms with van der Waals surface area (Å²) in [5.41, 5.74) is 2.86. The van der Waals surface area contributed by atoms with Gasteiger partial charge in [-0.1, -0.05) is 18.7 Å². The third-order valence-electron chi connectivity index (χ3n) is 4.63. The summed E-state index contributed by atoms with van der Waals surface area (Å²) in [5.74, 6) is 0.0999. The summed E-state index contributed by atoms with van der Waals surface area (Å²) in [6, 6.07) is 12.3. The number of amidine groups is 1. The van der Waals surface area contributed by atoms with Crippen LogP contribution in [0.25, 0.3) is 11.1 Å². The Morgan fingerprint density at radius 1 is 1.19 bits per heavy atom. The largest absolute Gasteiger partial charge is 0.440 e. The Morgan fingerprint density at radius 2 is 2.00 bits per heavy atom. The predicted octanol–water partition coefficient (Wildman–Crippen LogP) is 3.31. The highest BCUT2D eigenvalue weighted by Crippen LogP contribution is 2.26. The van der Waals surface area contributed by atoms with Gasteiger partial charge in [0.2, 0.25) is 6.41 Å². The lowest BCUT2D eigenvalue weighted by atomic mass is 10.1. The Kier molecular flexibility index (Phi) is 8.57. The molecule has 0 aliphatic carbocycles. The Morgan fingerprint density at radius 3 is 2.69 bits per heavy atom. The molecule has 0 aliphatic rings. The van der Waals surface area contributed by atoms with Gasteiger partial charge in [0, 0.05) is 32.1 Å². The average Bonchev–Trinajstić information content (AvgIpc) is 2.87. The summed E-state index contributed by atoms with van der Waals surface area (Å²) in [4.78, 5) is 40.4. The number of amides is 2. The van der Waals surface area contributed by atoms with Gasteiger partial charge in [0.05, 0.1) is 28.9 Å². The molecule has 0 atom stereocenters. The van der Waals surface area contributed by atoms with E-state index in [0.29, 0.717) is 34.7 Å². The van der Waals surface area contributed by atoms with E-state index in [4.69, 9.17) is 4.74 Å². The maximum absolute atomic E-state index is 12.5. The molecule has 11 nitrogen and oxygen atoms in total. The Bertz CT molecular complexity index is 1340. The van der Waals surface area contributed by atoms with Crippen LogP contribution < -0.4 is 15.7 Å². The summed E-state index contributed by atoms with van der Waals surface area (Å²) >= 11 is 0. The molecule has 0 bridgehead atoms. The van der Waals surface area contributed by atoms with Crippen LogP contribution in [0.3, 0.4) is 0 Å². The summed E-state index contributed by atoms with van der Waals surface area (Å²) in [6.45, 7) is 5.23. The number of hydroxylamine groups is 1. The van der Waals surface area contributed by atoms with Crippen molar-refractivity contribution in [3.63, 3.8) is 0 Å². The van der Waals surface area contributed by atoms with Crippen molar-refractivity contribution in [2.24, 2.45) is 9.98 Å². The van der Waals surface area contributed by atoms with Crippen LogP contribution in [0, 0.1) is 0 Å². The van der Waals surface area contributed by atoms with E-state index in [1.54, 1.807) is 49.5 Å². The molecule has 0 spiro atoms. The van der Waals surface area contributed by atoms with Gasteiger partial charge >= 0.3 is 5.91 Å². The molecule has 36 heavy (non-hydrogen) atoms. The fourth-order valence-corrected chi connectivity index (χ4v) is 3.16. The number of ether oxygens (including phenoxy) is 1. The van der Waals surface area contributed by atoms with Gasteiger partial charge in [-0.3, -0.25) is 19.8 Å². The van der Waals surface area contributed by atoms with E-state index in [-0.39, 0.29) is 17.6 Å². The molecule has 0 fully saturated rings. The Labute approximate surface area is 207 Å². The first-order chi connectivity index (χ1) is 17.3. The maximum Gasteiger partial charge on any atom is 0.311 e. The number of aromatic nitrogens is 2. The van der Waals surface area contributed by atoms with Gasteiger partial charge in [-0.2, -0.15) is 0 Å². The Hall–Kier alpha value is -4.90. The number of nitrogens with zero attached hydrogens (tertiary/aromatic N) is 5. The van der Waals surface area contributed by atoms with Crippen LogP contribution in [0.2, 0.25) is 0 Å². The smallest absolute Gasteiger partial charge is 0.311 e. The monoisotopic (exact) mass is 487 g/mol. The molecule has 0 saturated carbocycles. The topological polar surface area (TPSA) is 141 Å². The molecule has 1 aromatic carbocycles. The molecule has 0 unspecified atom stereocenters. The van der Waals surface area contributed by atoms with E-state index in [2.05, 4.69) is 37.2 Å². The standard InChI is InChI=1S/C25H25N7O4/c1-16(2)36-25(26-3)24(34)31-20-12-18(13-27-14-20)17-7-5-8-19(11-17)30-22(29-15-33)21-9-6-10-28-23(21)32(4)35/h5-15,35H,1H2,2-4H3,(H,31,34)(H,29,30,33). The van der Waals surface area contributed by atoms with E-state index in [1.165, 1.54) is 26.5 Å². The number of carbonyl (C=O) groups is 2. The number of carbonyl (C=O) groups excluding carboxylic acids is 2. The number of hydrogen-bond donors (Lipinski definition) is 3. The number of benzene rings is 1. The molecule has 0 saturated heterocycles. The molecular formula is C25H25N7O4. The van der Waals surface area contributed by atoms with Gasteiger partial charge in [0.1, 0.15) is 5.84 Å². The predicted molar refractivity (Wildman–Crippen MR) is 137 cm³/mol. The van der Waals surface area contributed by atoms with Crippen molar-refractivity contribution in [3.05, 3.63) is 79.0 Å². The molecule has 11 heteroatoms. The third kappa shape index (κ3) is 6.58. The van der Waals surface area contributed by atoms with E-state index in [1.807, 2.05) is 6.07 Å². The first kappa shape index (κ1) is 25.7. The average molecular weight is 488 g/mol. The summed E-state index contributed by atoms with van der Waals surface area (Å²) in [6.07, 6.45) is 5.16. The maximum atomic E-state index is 12.5. The van der Waals surface area contributed by atoms with Crippen molar-refractivity contribution in [2.45, 2.75) is 6.92 Å². The number of pyridine rings is 2. The quantitative estimate of drug-likeness (QED) is 0.153. The molecule has 3 aromatic rings. The molecule has 3 N–H and O–H groups in total. The van der Waals surface area contributed by atoms with Gasteiger partial charge in [-0.25, -0.2) is 20.0 Å². The van der Waals surface area contributed by atoms with Crippen LogP contribution in [0.4, 0.5) is 17.2 Å². The van der Waals surface area contributed by atoms with Gasteiger partial charge in [0.15, 0.2) is 5.82 Å². The van der Waals surface area contributed by atoms with E-state index in [0.717, 1.165) is 10.6 Å². The molecule has 3 rings (SSSR count). The van der Waals surface area contributed by atoms with Crippen molar-refractivity contribution in [1.82, 2.24) is 15.3 Å². The second kappa shape index (κ2) is 12.0. The van der Waals surface area contributed by atoms with Crippen LogP contribution in [0.15, 0.2) is 83.4 Å². The van der Waals surface area contributed by atoms with Crippen molar-refractivity contribution < 1.29 is 19.5 Å². The lowest BCUT2D eigenvalue weighted by Crippen LogP contribution is -2.26. The highest BCUT2D eigenvalue weighted by atomic mass is 16.5. The van der Waals surface area contributed by atoms with Gasteiger partial charge in [-0.15, -0.1) is 0 Å². The second-order valence-electron chi connectivity index (χ2n) is 7.42. The number of aliphatic imine (C=N–C) groups is 2. The number of anilines is 2. The highest BCUT2D eigenvalue weighted by molar-refractivity contribution is 6.40. The number of allylic oxidation sites excluding steroid dienone is 1. The summed E-state index contributed by atoms with van der Waals surface area (Å²) in [7, 11) is 2.86. The van der Waals surface area contributed by atoms with Crippen molar-refractivity contribution in [3.8, 4) is 11.1 Å². The van der Waals surface area contributed by atoms with Crippen LogP contribution >= 0.6 is 0 Å². The third-order valence-corrected chi connectivity index (χ3v) is 4.63. The Balaban J connectivity index is 1.92. The van der Waals surface area contributed by atoms with Crippen LogP contribution in [0.5, 0.6) is 0 Å². The van der Waals surface area contributed by atoms with Crippen LogP contribution in [-0.4, -0.2) is 53.3 Å². The zero-order valence-electron chi connectivity index (χ0n) is 20.0. The first-order valence-electron chi connectivity index (χ1n) is 10.7. The van der Waals surface area contributed by atoms with Gasteiger partial charge < -0.3 is 15.4 Å². The van der Waals surface area contributed by atoms with Crippen LogP contribution in [-0.2, 0) is 14.3 Å². The van der Waals surface area contributed by atoms with Gasteiger partial charge in [-0.05, 0) is 42.8 Å². The fourth-order valence-electron chi connectivity index (χ4n) is 3.16. The van der Waals surface area contributed by atoms with E-state index >= 15 is 0 Å². The molecular weight excluding hydrogens is 462 g/mol.